The smallest absolute Gasteiger partial charge is 0.340 e. The lowest BCUT2D eigenvalue weighted by atomic mass is 10.2. The Balaban J connectivity index is 0.00000243. The third-order valence-corrected chi connectivity index (χ3v) is 3.89. The zero-order valence-corrected chi connectivity index (χ0v) is 14.5. The summed E-state index contributed by atoms with van der Waals surface area (Å²) >= 11 is 0. The Labute approximate surface area is 154 Å². The number of hydrogen-bond acceptors (Lipinski definition) is 4. The summed E-state index contributed by atoms with van der Waals surface area (Å²) in [5.74, 6) is 0.238. The minimum atomic E-state index is -4.40. The Morgan fingerprint density at radius 1 is 1.12 bits per heavy atom. The molecule has 0 unspecified atom stereocenters. The highest BCUT2D eigenvalue weighted by Crippen LogP contribution is 2.29. The first-order chi connectivity index (χ1) is 11.9. The Bertz CT molecular complexity index is 729. The van der Waals surface area contributed by atoms with Crippen LogP contribution < -0.4 is 16.0 Å². The van der Waals surface area contributed by atoms with E-state index in [4.69, 9.17) is 0 Å². The number of hydrogen-bond donors (Lipinski definition) is 3. The second-order valence-corrected chi connectivity index (χ2v) is 5.77. The Hall–Kier alpha value is -2.32. The molecular weight excluding hydrogens is 369 g/mol. The van der Waals surface area contributed by atoms with Gasteiger partial charge in [0.2, 0.25) is 5.91 Å². The topological polar surface area (TPSA) is 66.0 Å². The summed E-state index contributed by atoms with van der Waals surface area (Å²) in [6.07, 6.45) is -1.81. The molecule has 1 amide bonds. The predicted octanol–water partition coefficient (Wildman–Crippen LogP) is 3.96. The van der Waals surface area contributed by atoms with Gasteiger partial charge in [-0.15, -0.1) is 12.4 Å². The number of pyridine rings is 1. The van der Waals surface area contributed by atoms with Gasteiger partial charge in [0, 0.05) is 17.6 Å². The molecule has 2 heterocycles. The van der Waals surface area contributed by atoms with Gasteiger partial charge in [0.15, 0.2) is 0 Å². The first-order valence-electron chi connectivity index (χ1n) is 7.86. The van der Waals surface area contributed by atoms with Crippen LogP contribution in [0.25, 0.3) is 0 Å². The third-order valence-electron chi connectivity index (χ3n) is 3.89. The average molecular weight is 387 g/mol. The molecule has 0 radical (unpaired) electrons. The Morgan fingerprint density at radius 2 is 1.81 bits per heavy atom. The predicted molar refractivity (Wildman–Crippen MR) is 95.9 cm³/mol. The molecule has 1 atom stereocenters. The van der Waals surface area contributed by atoms with Gasteiger partial charge in [0.25, 0.3) is 0 Å². The maximum absolute atomic E-state index is 12.5. The van der Waals surface area contributed by atoms with Gasteiger partial charge in [-0.2, -0.15) is 13.2 Å². The van der Waals surface area contributed by atoms with E-state index in [1.165, 1.54) is 6.07 Å². The largest absolute Gasteiger partial charge is 0.417 e. The first kappa shape index (κ1) is 20.0. The fourth-order valence-electron chi connectivity index (χ4n) is 2.56. The molecule has 0 saturated carbocycles. The van der Waals surface area contributed by atoms with Gasteiger partial charge in [0.05, 0.1) is 11.6 Å². The summed E-state index contributed by atoms with van der Waals surface area (Å²) < 4.78 is 37.5. The lowest BCUT2D eigenvalue weighted by molar-refractivity contribution is -0.137. The quantitative estimate of drug-likeness (QED) is 0.744. The highest BCUT2D eigenvalue weighted by Gasteiger charge is 2.30. The number of benzene rings is 1. The maximum atomic E-state index is 12.5. The van der Waals surface area contributed by atoms with Crippen molar-refractivity contribution in [1.82, 2.24) is 10.3 Å². The molecule has 5 nitrogen and oxygen atoms in total. The molecule has 1 aliphatic rings. The molecule has 3 N–H and O–H groups in total. The normalized spacial score (nSPS) is 16.7. The van der Waals surface area contributed by atoms with Crippen molar-refractivity contribution < 1.29 is 18.0 Å². The molecule has 1 aliphatic heterocycles. The van der Waals surface area contributed by atoms with Crippen LogP contribution in [-0.2, 0) is 11.0 Å². The van der Waals surface area contributed by atoms with Gasteiger partial charge in [-0.1, -0.05) is 0 Å². The summed E-state index contributed by atoms with van der Waals surface area (Å²) in [4.78, 5) is 15.8. The van der Waals surface area contributed by atoms with Crippen molar-refractivity contribution in [2.24, 2.45) is 0 Å². The van der Waals surface area contributed by atoms with Gasteiger partial charge in [-0.3, -0.25) is 4.79 Å². The summed E-state index contributed by atoms with van der Waals surface area (Å²) in [5.41, 5.74) is 0.519. The molecule has 1 aromatic carbocycles. The lowest BCUT2D eigenvalue weighted by Crippen LogP contribution is -2.35. The molecule has 3 rings (SSSR count). The van der Waals surface area contributed by atoms with E-state index in [0.717, 1.165) is 31.6 Å². The molecule has 1 saturated heterocycles. The minimum Gasteiger partial charge on any atom is -0.340 e. The average Bonchev–Trinajstić information content (AvgIpc) is 3.11. The summed E-state index contributed by atoms with van der Waals surface area (Å²) in [7, 11) is 0. The van der Waals surface area contributed by atoms with E-state index in [1.54, 1.807) is 24.3 Å². The summed E-state index contributed by atoms with van der Waals surface area (Å²) in [6.45, 7) is 0.848. The minimum absolute atomic E-state index is 0. The van der Waals surface area contributed by atoms with Gasteiger partial charge in [-0.25, -0.2) is 4.98 Å². The Kier molecular flexibility index (Phi) is 6.44. The number of nitrogens with one attached hydrogen (secondary N) is 3. The van der Waals surface area contributed by atoms with E-state index >= 15 is 0 Å². The molecule has 9 heteroatoms. The van der Waals surface area contributed by atoms with E-state index in [9.17, 15) is 18.0 Å². The highest BCUT2D eigenvalue weighted by molar-refractivity contribution is 5.95. The van der Waals surface area contributed by atoms with Crippen molar-refractivity contribution in [2.75, 3.05) is 17.2 Å². The van der Waals surface area contributed by atoms with Crippen molar-refractivity contribution in [3.63, 3.8) is 0 Å². The number of aromatic nitrogens is 1. The van der Waals surface area contributed by atoms with Crippen LogP contribution in [0.5, 0.6) is 0 Å². The number of nitrogens with zero attached hydrogens (tertiary/aromatic N) is 1. The number of anilines is 3. The summed E-state index contributed by atoms with van der Waals surface area (Å²) in [5, 5.41) is 8.87. The van der Waals surface area contributed by atoms with Crippen molar-refractivity contribution in [3.8, 4) is 0 Å². The second-order valence-electron chi connectivity index (χ2n) is 5.77. The van der Waals surface area contributed by atoms with Gasteiger partial charge in [0.1, 0.15) is 5.82 Å². The van der Waals surface area contributed by atoms with Crippen molar-refractivity contribution >= 4 is 35.5 Å². The van der Waals surface area contributed by atoms with Crippen LogP contribution in [0.15, 0.2) is 42.6 Å². The summed E-state index contributed by atoms with van der Waals surface area (Å²) in [6, 6.07) is 8.96. The van der Waals surface area contributed by atoms with Crippen molar-refractivity contribution in [3.05, 3.63) is 48.2 Å². The molecule has 2 aromatic rings. The molecule has 1 fully saturated rings. The zero-order valence-electron chi connectivity index (χ0n) is 13.6. The first-order valence-corrected chi connectivity index (χ1v) is 7.86. The standard InChI is InChI=1S/C17H17F3N4O.ClH/c18-17(19,20)11-3-8-15(22-10-11)23-12-4-6-13(7-5-12)24-16(25)14-2-1-9-21-14;/h3-8,10,14,21H,1-2,9H2,(H,22,23)(H,24,25);1H/t14-;/m0./s1. The third kappa shape index (κ3) is 5.09. The van der Waals surface area contributed by atoms with Gasteiger partial charge >= 0.3 is 6.18 Å². The number of rotatable bonds is 4. The van der Waals surface area contributed by atoms with E-state index in [0.29, 0.717) is 17.2 Å². The number of halogens is 4. The van der Waals surface area contributed by atoms with Crippen LogP contribution in [-0.4, -0.2) is 23.5 Å². The molecular formula is C17H18ClF3N4O. The number of amides is 1. The molecule has 0 bridgehead atoms. The highest BCUT2D eigenvalue weighted by atomic mass is 35.5. The van der Waals surface area contributed by atoms with Crippen LogP contribution in [0.2, 0.25) is 0 Å². The van der Waals surface area contributed by atoms with Crippen LogP contribution in [0.4, 0.5) is 30.4 Å². The van der Waals surface area contributed by atoms with Crippen LogP contribution >= 0.6 is 12.4 Å². The fraction of sp³-hybridized carbons (Fsp3) is 0.294. The second kappa shape index (κ2) is 8.37. The van der Waals surface area contributed by atoms with Gasteiger partial charge < -0.3 is 16.0 Å². The molecule has 0 aliphatic carbocycles. The number of alkyl halides is 3. The molecule has 1 aromatic heterocycles. The molecule has 0 spiro atoms. The SMILES string of the molecule is Cl.O=C(Nc1ccc(Nc2ccc(C(F)(F)F)cn2)cc1)[C@@H]1CCCN1. The van der Waals surface area contributed by atoms with E-state index in [1.807, 2.05) is 0 Å². The maximum Gasteiger partial charge on any atom is 0.417 e. The molecule has 140 valence electrons. The monoisotopic (exact) mass is 386 g/mol. The van der Waals surface area contributed by atoms with Crippen molar-refractivity contribution in [2.45, 2.75) is 25.1 Å². The fourth-order valence-corrected chi connectivity index (χ4v) is 2.56. The lowest BCUT2D eigenvalue weighted by Gasteiger charge is -2.12. The van der Waals surface area contributed by atoms with E-state index < -0.39 is 11.7 Å². The van der Waals surface area contributed by atoms with Crippen LogP contribution in [0.3, 0.4) is 0 Å². The van der Waals surface area contributed by atoms with E-state index in [2.05, 4.69) is 20.9 Å². The van der Waals surface area contributed by atoms with Crippen LogP contribution in [0, 0.1) is 0 Å². The van der Waals surface area contributed by atoms with E-state index in [-0.39, 0.29) is 24.4 Å². The molecule has 26 heavy (non-hydrogen) atoms. The number of carbonyl (C=O) groups excluding carboxylic acids is 1. The van der Waals surface area contributed by atoms with Gasteiger partial charge in [-0.05, 0) is 55.8 Å². The Morgan fingerprint density at radius 3 is 2.35 bits per heavy atom. The van der Waals surface area contributed by atoms with Crippen molar-refractivity contribution in [1.29, 1.82) is 0 Å². The van der Waals surface area contributed by atoms with Crippen LogP contribution in [0.1, 0.15) is 18.4 Å². The number of carbonyl (C=O) groups is 1. The zero-order chi connectivity index (χ0) is 17.9.